The molecule has 152 valence electrons. The number of carbonyl (C=O) groups is 2. The zero-order valence-electron chi connectivity index (χ0n) is 15.9. The number of halogens is 2. The number of likely N-dealkylation sites (tertiary alicyclic amines) is 1. The smallest absolute Gasteiger partial charge is 0.410 e. The summed E-state index contributed by atoms with van der Waals surface area (Å²) >= 11 is 5.83. The second-order valence-electron chi connectivity index (χ2n) is 7.78. The second-order valence-corrected chi connectivity index (χ2v) is 8.21. The average Bonchev–Trinajstić information content (AvgIpc) is 3.37. The molecule has 5 nitrogen and oxygen atoms in total. The van der Waals surface area contributed by atoms with Gasteiger partial charge in [0.15, 0.2) is 0 Å². The lowest BCUT2D eigenvalue weighted by molar-refractivity contribution is 0.0772. The normalized spacial score (nSPS) is 19.7. The topological polar surface area (TPSA) is 58.6 Å². The first-order valence-electron chi connectivity index (χ1n) is 9.68. The van der Waals surface area contributed by atoms with Crippen LogP contribution in [-0.2, 0) is 11.3 Å². The maximum absolute atomic E-state index is 13.5. The number of hydrogen-bond acceptors (Lipinski definition) is 3. The second kappa shape index (κ2) is 8.03. The molecule has 0 bridgehead atoms. The van der Waals surface area contributed by atoms with Gasteiger partial charge in [0.25, 0.3) is 5.91 Å². The van der Waals surface area contributed by atoms with Crippen LogP contribution in [0.1, 0.15) is 35.2 Å². The molecule has 1 heterocycles. The minimum Gasteiger partial charge on any atom is -0.445 e. The van der Waals surface area contributed by atoms with Gasteiger partial charge >= 0.3 is 6.09 Å². The summed E-state index contributed by atoms with van der Waals surface area (Å²) in [5.41, 5.74) is 1.19. The van der Waals surface area contributed by atoms with E-state index in [-0.39, 0.29) is 40.7 Å². The van der Waals surface area contributed by atoms with Crippen LogP contribution in [0.4, 0.5) is 9.18 Å². The zero-order chi connectivity index (χ0) is 20.4. The van der Waals surface area contributed by atoms with Crippen molar-refractivity contribution in [3.05, 3.63) is 70.5 Å². The summed E-state index contributed by atoms with van der Waals surface area (Å²) in [4.78, 5) is 26.4. The van der Waals surface area contributed by atoms with Gasteiger partial charge in [0.1, 0.15) is 12.4 Å². The molecule has 0 unspecified atom stereocenters. The van der Waals surface area contributed by atoms with E-state index in [9.17, 15) is 14.0 Å². The summed E-state index contributed by atoms with van der Waals surface area (Å²) in [5, 5.41) is 3.17. The highest BCUT2D eigenvalue weighted by atomic mass is 35.5. The monoisotopic (exact) mass is 416 g/mol. The van der Waals surface area contributed by atoms with Crippen molar-refractivity contribution in [2.75, 3.05) is 13.1 Å². The molecule has 7 heteroatoms. The number of carbonyl (C=O) groups excluding carboxylic acids is 2. The Balaban J connectivity index is 1.25. The van der Waals surface area contributed by atoms with E-state index in [4.69, 9.17) is 16.3 Å². The number of hydrogen-bond donors (Lipinski definition) is 1. The van der Waals surface area contributed by atoms with Gasteiger partial charge in [-0.1, -0.05) is 41.9 Å². The molecular weight excluding hydrogens is 395 g/mol. The SMILES string of the molecule is O=C(N[C@@H]1CC12CCN(C(=O)OCc1ccccc1)CC2)c1cc(F)cc(Cl)c1. The quantitative estimate of drug-likeness (QED) is 0.803. The van der Waals surface area contributed by atoms with Crippen LogP contribution in [0.2, 0.25) is 5.02 Å². The molecule has 4 rings (SSSR count). The number of rotatable bonds is 4. The number of ether oxygens (including phenoxy) is 1. The molecule has 0 radical (unpaired) electrons. The van der Waals surface area contributed by atoms with Gasteiger partial charge in [0.05, 0.1) is 0 Å². The molecule has 2 fully saturated rings. The number of nitrogens with one attached hydrogen (secondary N) is 1. The summed E-state index contributed by atoms with van der Waals surface area (Å²) in [5.74, 6) is -0.853. The average molecular weight is 417 g/mol. The number of amides is 2. The first-order chi connectivity index (χ1) is 13.9. The Morgan fingerprint density at radius 2 is 1.90 bits per heavy atom. The molecule has 1 aliphatic carbocycles. The first-order valence-corrected chi connectivity index (χ1v) is 10.1. The van der Waals surface area contributed by atoms with E-state index < -0.39 is 5.82 Å². The molecule has 0 aromatic heterocycles. The Kier molecular flexibility index (Phi) is 5.46. The Hall–Kier alpha value is -2.60. The third-order valence-electron chi connectivity index (χ3n) is 5.84. The highest BCUT2D eigenvalue weighted by molar-refractivity contribution is 6.31. The molecule has 29 heavy (non-hydrogen) atoms. The van der Waals surface area contributed by atoms with E-state index in [0.717, 1.165) is 24.8 Å². The van der Waals surface area contributed by atoms with Crippen molar-refractivity contribution in [3.63, 3.8) is 0 Å². The molecule has 2 aliphatic rings. The fraction of sp³-hybridized carbons (Fsp3) is 0.364. The largest absolute Gasteiger partial charge is 0.445 e. The molecule has 1 aliphatic heterocycles. The van der Waals surface area contributed by atoms with Crippen LogP contribution in [-0.4, -0.2) is 36.0 Å². The van der Waals surface area contributed by atoms with E-state index in [0.29, 0.717) is 13.1 Å². The molecule has 1 spiro atoms. The molecular formula is C22H22ClFN2O3. The van der Waals surface area contributed by atoms with Crippen molar-refractivity contribution in [1.29, 1.82) is 0 Å². The van der Waals surface area contributed by atoms with Crippen molar-refractivity contribution in [1.82, 2.24) is 10.2 Å². The van der Waals surface area contributed by atoms with Crippen molar-refractivity contribution >= 4 is 23.6 Å². The van der Waals surface area contributed by atoms with E-state index in [1.165, 1.54) is 18.2 Å². The van der Waals surface area contributed by atoms with Gasteiger partial charge in [0.2, 0.25) is 0 Å². The molecule has 1 saturated carbocycles. The van der Waals surface area contributed by atoms with Crippen molar-refractivity contribution in [3.8, 4) is 0 Å². The van der Waals surface area contributed by atoms with Crippen LogP contribution in [0.3, 0.4) is 0 Å². The van der Waals surface area contributed by atoms with Gasteiger partial charge < -0.3 is 15.0 Å². The Bertz CT molecular complexity index is 893. The Labute approximate surface area is 173 Å². The van der Waals surface area contributed by atoms with Crippen LogP contribution in [0.5, 0.6) is 0 Å². The standard InChI is InChI=1S/C22H22ClFN2O3/c23-17-10-16(11-18(24)12-17)20(27)25-19-13-22(19)6-8-26(9-7-22)21(28)29-14-15-4-2-1-3-5-15/h1-5,10-12,19H,6-9,13-14H2,(H,25,27)/t19-/m1/s1. The Morgan fingerprint density at radius 1 is 1.17 bits per heavy atom. The van der Waals surface area contributed by atoms with Crippen LogP contribution in [0.15, 0.2) is 48.5 Å². The van der Waals surface area contributed by atoms with Gasteiger partial charge in [-0.3, -0.25) is 4.79 Å². The minimum absolute atomic E-state index is 0.0169. The fourth-order valence-electron chi connectivity index (χ4n) is 3.98. The number of piperidine rings is 1. The maximum Gasteiger partial charge on any atom is 0.410 e. The van der Waals surface area contributed by atoms with Gasteiger partial charge in [0, 0.05) is 29.7 Å². The van der Waals surface area contributed by atoms with Gasteiger partial charge in [-0.15, -0.1) is 0 Å². The third kappa shape index (κ3) is 4.53. The summed E-state index contributed by atoms with van der Waals surface area (Å²) in [6, 6.07) is 13.4. The van der Waals surface area contributed by atoms with Gasteiger partial charge in [-0.2, -0.15) is 0 Å². The first kappa shape index (κ1) is 19.7. The van der Waals surface area contributed by atoms with E-state index in [1.807, 2.05) is 30.3 Å². The lowest BCUT2D eigenvalue weighted by Crippen LogP contribution is -2.42. The van der Waals surface area contributed by atoms with E-state index in [1.54, 1.807) is 4.90 Å². The predicted molar refractivity (Wildman–Crippen MR) is 107 cm³/mol. The summed E-state index contributed by atoms with van der Waals surface area (Å²) < 4.78 is 18.9. The van der Waals surface area contributed by atoms with Crippen LogP contribution in [0.25, 0.3) is 0 Å². The van der Waals surface area contributed by atoms with E-state index in [2.05, 4.69) is 5.32 Å². The Morgan fingerprint density at radius 3 is 2.59 bits per heavy atom. The summed E-state index contributed by atoms with van der Waals surface area (Å²) in [6.07, 6.45) is 2.18. The highest BCUT2D eigenvalue weighted by Crippen LogP contribution is 2.54. The van der Waals surface area contributed by atoms with Gasteiger partial charge in [-0.25, -0.2) is 9.18 Å². The van der Waals surface area contributed by atoms with Crippen LogP contribution >= 0.6 is 11.6 Å². The fourth-order valence-corrected chi connectivity index (χ4v) is 4.20. The van der Waals surface area contributed by atoms with Crippen molar-refractivity contribution < 1.29 is 18.7 Å². The van der Waals surface area contributed by atoms with E-state index >= 15 is 0 Å². The molecule has 1 saturated heterocycles. The molecule has 1 N–H and O–H groups in total. The highest BCUT2D eigenvalue weighted by Gasteiger charge is 2.56. The molecule has 2 aromatic rings. The third-order valence-corrected chi connectivity index (χ3v) is 6.06. The molecule has 2 amide bonds. The molecule has 2 aromatic carbocycles. The van der Waals surface area contributed by atoms with Crippen molar-refractivity contribution in [2.24, 2.45) is 5.41 Å². The van der Waals surface area contributed by atoms with Crippen LogP contribution < -0.4 is 5.32 Å². The summed E-state index contributed by atoms with van der Waals surface area (Å²) in [7, 11) is 0. The predicted octanol–water partition coefficient (Wildman–Crippen LogP) is 4.40. The number of nitrogens with zero attached hydrogens (tertiary/aromatic N) is 1. The maximum atomic E-state index is 13.5. The van der Waals surface area contributed by atoms with Gasteiger partial charge in [-0.05, 0) is 48.4 Å². The lowest BCUT2D eigenvalue weighted by Gasteiger charge is -2.32. The minimum atomic E-state index is -0.532. The summed E-state index contributed by atoms with van der Waals surface area (Å²) in [6.45, 7) is 1.47. The van der Waals surface area contributed by atoms with Crippen LogP contribution in [0, 0.1) is 11.2 Å². The zero-order valence-corrected chi connectivity index (χ0v) is 16.6. The lowest BCUT2D eigenvalue weighted by atomic mass is 9.93. The van der Waals surface area contributed by atoms with Crippen molar-refractivity contribution in [2.45, 2.75) is 31.9 Å². The molecule has 1 atom stereocenters. The number of benzene rings is 2.